The van der Waals surface area contributed by atoms with Crippen LogP contribution in [0.3, 0.4) is 0 Å². The molecule has 1 aromatic carbocycles. The molecule has 1 aromatic rings. The summed E-state index contributed by atoms with van der Waals surface area (Å²) in [6.45, 7) is 0.0986. The minimum atomic E-state index is -3.95. The van der Waals surface area contributed by atoms with Crippen LogP contribution in [0.15, 0.2) is 29.2 Å². The van der Waals surface area contributed by atoms with Crippen LogP contribution in [0.5, 0.6) is 0 Å². The lowest BCUT2D eigenvalue weighted by molar-refractivity contribution is -0.387. The molecule has 124 valence electrons. The average Bonchev–Trinajstić information content (AvgIpc) is 2.46. The average molecular weight is 350 g/mol. The van der Waals surface area contributed by atoms with Crippen molar-refractivity contribution < 1.29 is 13.3 Å². The van der Waals surface area contributed by atoms with Crippen molar-refractivity contribution in [3.63, 3.8) is 0 Å². The molecule has 9 heteroatoms. The molecule has 0 saturated heterocycles. The minimum absolute atomic E-state index is 0. The second kappa shape index (κ2) is 7.36. The Labute approximate surface area is 135 Å². The first-order valence-electron chi connectivity index (χ1n) is 6.86. The number of rotatable bonds is 5. The van der Waals surface area contributed by atoms with Crippen molar-refractivity contribution in [2.45, 2.75) is 42.5 Å². The summed E-state index contributed by atoms with van der Waals surface area (Å²) >= 11 is 0. The molecule has 0 bridgehead atoms. The van der Waals surface area contributed by atoms with E-state index in [4.69, 9.17) is 5.73 Å². The van der Waals surface area contributed by atoms with Gasteiger partial charge in [0, 0.05) is 18.2 Å². The largest absolute Gasteiger partial charge is 0.324 e. The molecule has 22 heavy (non-hydrogen) atoms. The van der Waals surface area contributed by atoms with Crippen molar-refractivity contribution >= 4 is 28.1 Å². The first-order valence-corrected chi connectivity index (χ1v) is 8.34. The molecule has 0 spiro atoms. The Balaban J connectivity index is 0.00000242. The maximum Gasteiger partial charge on any atom is 0.289 e. The molecule has 0 aliphatic heterocycles. The Bertz CT molecular complexity index is 630. The van der Waals surface area contributed by atoms with Gasteiger partial charge < -0.3 is 5.73 Å². The van der Waals surface area contributed by atoms with Gasteiger partial charge in [-0.1, -0.05) is 31.4 Å². The fourth-order valence-corrected chi connectivity index (χ4v) is 3.89. The van der Waals surface area contributed by atoms with Gasteiger partial charge in [-0.3, -0.25) is 10.1 Å². The summed E-state index contributed by atoms with van der Waals surface area (Å²) in [7, 11) is -3.95. The summed E-state index contributed by atoms with van der Waals surface area (Å²) in [5, 5.41) is 10.9. The molecule has 0 amide bonds. The van der Waals surface area contributed by atoms with Crippen molar-refractivity contribution in [2.24, 2.45) is 5.73 Å². The predicted octanol–water partition coefficient (Wildman–Crippen LogP) is 1.96. The molecule has 0 radical (unpaired) electrons. The van der Waals surface area contributed by atoms with Crippen LogP contribution in [0.25, 0.3) is 0 Å². The van der Waals surface area contributed by atoms with Crippen LogP contribution in [0, 0.1) is 10.1 Å². The van der Waals surface area contributed by atoms with Crippen LogP contribution < -0.4 is 10.5 Å². The van der Waals surface area contributed by atoms with Crippen molar-refractivity contribution in [3.05, 3.63) is 34.4 Å². The van der Waals surface area contributed by atoms with E-state index in [1.165, 1.54) is 24.3 Å². The third-order valence-corrected chi connectivity index (χ3v) is 5.26. The lowest BCUT2D eigenvalue weighted by Crippen LogP contribution is -2.51. The van der Waals surface area contributed by atoms with Gasteiger partial charge in [-0.15, -0.1) is 12.4 Å². The monoisotopic (exact) mass is 349 g/mol. The molecule has 1 aliphatic carbocycles. The highest BCUT2D eigenvalue weighted by Crippen LogP contribution is 2.27. The number of nitrogens with two attached hydrogens (primary N) is 1. The molecule has 0 aromatic heterocycles. The molecular weight excluding hydrogens is 330 g/mol. The number of nitrogens with zero attached hydrogens (tertiary/aromatic N) is 1. The molecule has 0 unspecified atom stereocenters. The van der Waals surface area contributed by atoms with E-state index in [9.17, 15) is 18.5 Å². The van der Waals surface area contributed by atoms with Crippen LogP contribution in [0.1, 0.15) is 32.1 Å². The van der Waals surface area contributed by atoms with Crippen molar-refractivity contribution in [1.82, 2.24) is 4.72 Å². The van der Waals surface area contributed by atoms with Crippen LogP contribution in [-0.2, 0) is 10.0 Å². The van der Waals surface area contributed by atoms with E-state index in [1.807, 2.05) is 0 Å². The molecule has 2 rings (SSSR count). The van der Waals surface area contributed by atoms with E-state index in [0.29, 0.717) is 0 Å². The smallest absolute Gasteiger partial charge is 0.289 e. The molecule has 0 atom stereocenters. The van der Waals surface area contributed by atoms with Gasteiger partial charge >= 0.3 is 0 Å². The Morgan fingerprint density at radius 1 is 1.23 bits per heavy atom. The van der Waals surface area contributed by atoms with E-state index in [0.717, 1.165) is 32.1 Å². The molecule has 1 fully saturated rings. The van der Waals surface area contributed by atoms with Gasteiger partial charge in [-0.25, -0.2) is 13.1 Å². The number of nitro groups is 1. The fourth-order valence-electron chi connectivity index (χ4n) is 2.58. The number of benzene rings is 1. The Kier molecular flexibility index (Phi) is 6.30. The van der Waals surface area contributed by atoms with E-state index in [1.54, 1.807) is 0 Å². The zero-order chi connectivity index (χ0) is 15.5. The molecular formula is C13H20ClN3O4S. The second-order valence-corrected chi connectivity index (χ2v) is 7.21. The van der Waals surface area contributed by atoms with Gasteiger partial charge in [-0.05, 0) is 18.9 Å². The van der Waals surface area contributed by atoms with Crippen LogP contribution in [-0.4, -0.2) is 25.4 Å². The van der Waals surface area contributed by atoms with Gasteiger partial charge in [0.15, 0.2) is 4.90 Å². The minimum Gasteiger partial charge on any atom is -0.324 e. The highest BCUT2D eigenvalue weighted by molar-refractivity contribution is 7.89. The van der Waals surface area contributed by atoms with Gasteiger partial charge in [0.2, 0.25) is 10.0 Å². The molecule has 0 heterocycles. The topological polar surface area (TPSA) is 115 Å². The summed E-state index contributed by atoms with van der Waals surface area (Å²) in [6.07, 6.45) is 4.57. The third kappa shape index (κ3) is 4.39. The van der Waals surface area contributed by atoms with Gasteiger partial charge in [0.25, 0.3) is 5.69 Å². The first-order chi connectivity index (χ1) is 9.84. The van der Waals surface area contributed by atoms with E-state index in [2.05, 4.69) is 4.72 Å². The van der Waals surface area contributed by atoms with Crippen LogP contribution in [0.4, 0.5) is 5.69 Å². The molecule has 1 aliphatic rings. The number of sulfonamides is 1. The van der Waals surface area contributed by atoms with Crippen molar-refractivity contribution in [2.75, 3.05) is 6.54 Å². The van der Waals surface area contributed by atoms with E-state index >= 15 is 0 Å². The maximum atomic E-state index is 12.3. The lowest BCUT2D eigenvalue weighted by Gasteiger charge is -2.33. The van der Waals surface area contributed by atoms with Crippen LogP contribution in [0.2, 0.25) is 0 Å². The second-order valence-electron chi connectivity index (χ2n) is 5.47. The number of halogens is 1. The van der Waals surface area contributed by atoms with Crippen LogP contribution >= 0.6 is 12.4 Å². The van der Waals surface area contributed by atoms with E-state index in [-0.39, 0.29) is 23.8 Å². The number of nitrogens with one attached hydrogen (secondary N) is 1. The lowest BCUT2D eigenvalue weighted by atomic mass is 9.83. The summed E-state index contributed by atoms with van der Waals surface area (Å²) in [6, 6.07) is 5.29. The van der Waals surface area contributed by atoms with Gasteiger partial charge in [0.1, 0.15) is 0 Å². The summed E-state index contributed by atoms with van der Waals surface area (Å²) in [4.78, 5) is 9.90. The fraction of sp³-hybridized carbons (Fsp3) is 0.538. The first kappa shape index (κ1) is 18.8. The van der Waals surface area contributed by atoms with Gasteiger partial charge in [-0.2, -0.15) is 0 Å². The highest BCUT2D eigenvalue weighted by Gasteiger charge is 2.31. The summed E-state index contributed by atoms with van der Waals surface area (Å²) < 4.78 is 27.0. The number of para-hydroxylation sites is 1. The number of hydrogen-bond acceptors (Lipinski definition) is 5. The highest BCUT2D eigenvalue weighted by atomic mass is 35.5. The zero-order valence-electron chi connectivity index (χ0n) is 12.0. The number of nitro benzene ring substituents is 1. The maximum absolute atomic E-state index is 12.3. The quantitative estimate of drug-likeness (QED) is 0.622. The summed E-state index contributed by atoms with van der Waals surface area (Å²) in [5.74, 6) is 0. The SMILES string of the molecule is Cl.NC1(CNS(=O)(=O)c2ccccc2[N+](=O)[O-])CCCCC1. The Morgan fingerprint density at radius 2 is 1.82 bits per heavy atom. The summed E-state index contributed by atoms with van der Waals surface area (Å²) in [5.41, 5.74) is 5.19. The third-order valence-electron chi connectivity index (χ3n) is 3.82. The predicted molar refractivity (Wildman–Crippen MR) is 85.5 cm³/mol. The molecule has 7 nitrogen and oxygen atoms in total. The standard InChI is InChI=1S/C13H19N3O4S.ClH/c14-13(8-4-1-5-9-13)10-15-21(19,20)12-7-3-2-6-11(12)16(17)18;/h2-3,6-7,15H,1,4-5,8-10,14H2;1H. The molecule has 3 N–H and O–H groups in total. The Hall–Kier alpha value is -1.22. The van der Waals surface area contributed by atoms with Crippen molar-refractivity contribution in [3.8, 4) is 0 Å². The van der Waals surface area contributed by atoms with E-state index < -0.39 is 26.2 Å². The normalized spacial score (nSPS) is 17.5. The molecule has 1 saturated carbocycles. The van der Waals surface area contributed by atoms with Crippen molar-refractivity contribution in [1.29, 1.82) is 0 Å². The Morgan fingerprint density at radius 3 is 2.41 bits per heavy atom. The zero-order valence-corrected chi connectivity index (χ0v) is 13.7. The van der Waals surface area contributed by atoms with Gasteiger partial charge in [0.05, 0.1) is 4.92 Å². The number of hydrogen-bond donors (Lipinski definition) is 2.